The van der Waals surface area contributed by atoms with E-state index in [9.17, 15) is 26.7 Å². The highest BCUT2D eigenvalue weighted by atomic mass is 32.2. The van der Waals surface area contributed by atoms with Crippen molar-refractivity contribution in [3.8, 4) is 11.5 Å². The quantitative estimate of drug-likeness (QED) is 0.138. The number of aryl methyl sites for hydroxylation is 1. The Bertz CT molecular complexity index is 1250. The smallest absolute Gasteiger partial charge is 0.467 e. The maximum atomic E-state index is 13.4. The molecule has 0 saturated carbocycles. The minimum Gasteiger partial charge on any atom is -0.467 e. The molecule has 0 amide bonds. The summed E-state index contributed by atoms with van der Waals surface area (Å²) in [5.74, 6) is -0.844. The first-order valence-electron chi connectivity index (χ1n) is 13.2. The number of aliphatic hydroxyl groups is 1. The van der Waals surface area contributed by atoms with Gasteiger partial charge in [-0.05, 0) is 50.0 Å². The van der Waals surface area contributed by atoms with Crippen molar-refractivity contribution in [2.75, 3.05) is 41.7 Å². The normalized spacial score (nSPS) is 26.9. The minimum absolute atomic E-state index is 0.00262. The van der Waals surface area contributed by atoms with E-state index in [4.69, 9.17) is 28.4 Å². The Morgan fingerprint density at radius 3 is 2.29 bits per heavy atom. The van der Waals surface area contributed by atoms with Crippen LogP contribution in [0.1, 0.15) is 37.8 Å². The summed E-state index contributed by atoms with van der Waals surface area (Å²) in [6.45, 7) is 4.61. The van der Waals surface area contributed by atoms with E-state index in [1.54, 1.807) is 13.0 Å². The van der Waals surface area contributed by atoms with E-state index in [1.807, 2.05) is 19.1 Å². The van der Waals surface area contributed by atoms with Gasteiger partial charge < -0.3 is 37.7 Å². The van der Waals surface area contributed by atoms with E-state index < -0.39 is 44.6 Å². The maximum absolute atomic E-state index is 13.4. The number of benzene rings is 1. The molecule has 238 valence electrons. The van der Waals surface area contributed by atoms with Gasteiger partial charge in [-0.15, -0.1) is 0 Å². The molecule has 0 saturated heterocycles. The summed E-state index contributed by atoms with van der Waals surface area (Å²) in [6.07, 6.45) is 4.84. The summed E-state index contributed by atoms with van der Waals surface area (Å²) in [5, 5.41) is 12.7. The molecule has 0 heterocycles. The summed E-state index contributed by atoms with van der Waals surface area (Å²) in [7, 11) is -1.80. The third-order valence-electron chi connectivity index (χ3n) is 7.95. The molecule has 0 radical (unpaired) electrons. The van der Waals surface area contributed by atoms with Gasteiger partial charge in [-0.25, -0.2) is 0 Å². The molecule has 0 spiro atoms. The van der Waals surface area contributed by atoms with Crippen molar-refractivity contribution < 1.29 is 59.3 Å². The van der Waals surface area contributed by atoms with Gasteiger partial charge in [0.1, 0.15) is 30.7 Å². The number of fused-ring (bicyclic) bond motifs is 1. The molecule has 3 rings (SSSR count). The second kappa shape index (κ2) is 13.6. The molecule has 2 aliphatic rings. The Balaban J connectivity index is 2.21. The molecule has 5 atom stereocenters. The fourth-order valence-electron chi connectivity index (χ4n) is 5.90. The van der Waals surface area contributed by atoms with Crippen LogP contribution in [-0.4, -0.2) is 78.5 Å². The SMILES string of the molecule is COCOc1cc(C)cc(OS(=O)(=O)C(F)(F)F)c1C[C@H](OCOC)[C@]1(O)C(C)=C[C@@H](OCOC)[C@H]2CC=CC[C@]21C. The monoisotopic (exact) mass is 624 g/mol. The fraction of sp³-hybridized carbons (Fsp3) is 0.643. The first-order valence-corrected chi connectivity index (χ1v) is 14.6. The van der Waals surface area contributed by atoms with Crippen LogP contribution >= 0.6 is 0 Å². The van der Waals surface area contributed by atoms with Gasteiger partial charge in [-0.2, -0.15) is 21.6 Å². The van der Waals surface area contributed by atoms with Gasteiger partial charge in [-0.3, -0.25) is 0 Å². The molecular weight excluding hydrogens is 585 g/mol. The third-order valence-corrected chi connectivity index (χ3v) is 8.91. The Hall–Kier alpha value is -2.20. The topological polar surface area (TPSA) is 119 Å². The molecule has 0 fully saturated rings. The highest BCUT2D eigenvalue weighted by Crippen LogP contribution is 2.57. The van der Waals surface area contributed by atoms with Crippen LogP contribution in [0.4, 0.5) is 13.2 Å². The van der Waals surface area contributed by atoms with Crippen molar-refractivity contribution >= 4 is 10.1 Å². The Labute approximate surface area is 244 Å². The van der Waals surface area contributed by atoms with Crippen molar-refractivity contribution in [1.82, 2.24) is 0 Å². The highest BCUT2D eigenvalue weighted by Gasteiger charge is 2.61. The van der Waals surface area contributed by atoms with Gasteiger partial charge in [0.25, 0.3) is 0 Å². The number of rotatable bonds is 14. The van der Waals surface area contributed by atoms with Crippen molar-refractivity contribution in [3.05, 3.63) is 47.1 Å². The molecule has 0 aliphatic heterocycles. The summed E-state index contributed by atoms with van der Waals surface area (Å²) in [6, 6.07) is 2.66. The van der Waals surface area contributed by atoms with Crippen molar-refractivity contribution in [3.63, 3.8) is 0 Å². The Morgan fingerprint density at radius 2 is 1.67 bits per heavy atom. The predicted octanol–water partition coefficient (Wildman–Crippen LogP) is 4.39. The van der Waals surface area contributed by atoms with E-state index in [0.717, 1.165) is 6.07 Å². The van der Waals surface area contributed by atoms with Crippen LogP contribution in [0.15, 0.2) is 35.9 Å². The van der Waals surface area contributed by atoms with E-state index in [2.05, 4.69) is 4.18 Å². The molecule has 0 aromatic heterocycles. The predicted molar refractivity (Wildman–Crippen MR) is 145 cm³/mol. The standard InChI is InChI=1S/C28H39F3O10S/c1-18-11-22(38-15-35-4)20(23(12-18)41-42(33,34)28(29,30)31)14-25(40-17-37-6)27(32)19(2)13-24(39-16-36-5)21-9-7-8-10-26(21,27)3/h7-8,11-13,21,24-25,32H,9-10,14-17H2,1-6H3/t21-,24-,25+,26-,27-/m1/s1. The van der Waals surface area contributed by atoms with Crippen LogP contribution in [0.5, 0.6) is 11.5 Å². The van der Waals surface area contributed by atoms with Gasteiger partial charge in [0.05, 0.1) is 12.2 Å². The maximum Gasteiger partial charge on any atom is 0.534 e. The van der Waals surface area contributed by atoms with E-state index in [1.165, 1.54) is 34.3 Å². The molecule has 1 aromatic carbocycles. The average Bonchev–Trinajstić information content (AvgIpc) is 2.91. The zero-order valence-electron chi connectivity index (χ0n) is 24.5. The van der Waals surface area contributed by atoms with Crippen molar-refractivity contribution in [1.29, 1.82) is 0 Å². The minimum atomic E-state index is -6.04. The van der Waals surface area contributed by atoms with Crippen LogP contribution in [0.3, 0.4) is 0 Å². The van der Waals surface area contributed by atoms with Crippen LogP contribution < -0.4 is 8.92 Å². The lowest BCUT2D eigenvalue weighted by molar-refractivity contribution is -0.216. The Morgan fingerprint density at radius 1 is 1.02 bits per heavy atom. The number of hydrogen-bond acceptors (Lipinski definition) is 10. The third kappa shape index (κ3) is 6.79. The zero-order valence-corrected chi connectivity index (χ0v) is 25.3. The summed E-state index contributed by atoms with van der Waals surface area (Å²) < 4.78 is 102. The van der Waals surface area contributed by atoms with Gasteiger partial charge in [0.15, 0.2) is 6.79 Å². The van der Waals surface area contributed by atoms with Gasteiger partial charge in [-0.1, -0.05) is 25.2 Å². The van der Waals surface area contributed by atoms with E-state index in [0.29, 0.717) is 24.0 Å². The molecule has 10 nitrogen and oxygen atoms in total. The summed E-state index contributed by atoms with van der Waals surface area (Å²) in [4.78, 5) is 0. The number of methoxy groups -OCH3 is 3. The molecule has 2 aliphatic carbocycles. The van der Waals surface area contributed by atoms with Gasteiger partial charge in [0.2, 0.25) is 0 Å². The van der Waals surface area contributed by atoms with Crippen molar-refractivity contribution in [2.24, 2.45) is 11.3 Å². The molecular formula is C28H39F3O10S. The summed E-state index contributed by atoms with van der Waals surface area (Å²) in [5.41, 5.74) is -7.51. The first-order chi connectivity index (χ1) is 19.7. The molecule has 1 N–H and O–H groups in total. The summed E-state index contributed by atoms with van der Waals surface area (Å²) >= 11 is 0. The van der Waals surface area contributed by atoms with Crippen molar-refractivity contribution in [2.45, 2.75) is 63.4 Å². The Kier molecular flexibility index (Phi) is 11.1. The first kappa shape index (κ1) is 34.3. The zero-order chi connectivity index (χ0) is 31.3. The number of hydrogen-bond donors (Lipinski definition) is 1. The lowest BCUT2D eigenvalue weighted by Gasteiger charge is -2.58. The number of allylic oxidation sites excluding steroid dienone is 2. The van der Waals surface area contributed by atoms with E-state index in [-0.39, 0.29) is 44.0 Å². The largest absolute Gasteiger partial charge is 0.534 e. The van der Waals surface area contributed by atoms with Crippen LogP contribution in [0, 0.1) is 18.3 Å². The van der Waals surface area contributed by atoms with Crippen LogP contribution in [0.25, 0.3) is 0 Å². The molecule has 14 heteroatoms. The van der Waals surface area contributed by atoms with E-state index >= 15 is 0 Å². The fourth-order valence-corrected chi connectivity index (χ4v) is 6.38. The molecule has 1 aromatic rings. The highest BCUT2D eigenvalue weighted by molar-refractivity contribution is 7.88. The number of ether oxygens (including phenoxy) is 6. The second-order valence-corrected chi connectivity index (χ2v) is 12.2. The van der Waals surface area contributed by atoms with Gasteiger partial charge >= 0.3 is 15.6 Å². The average molecular weight is 625 g/mol. The number of alkyl halides is 3. The lowest BCUT2D eigenvalue weighted by atomic mass is 9.52. The lowest BCUT2D eigenvalue weighted by Crippen LogP contribution is -2.64. The molecule has 42 heavy (non-hydrogen) atoms. The number of halogens is 3. The molecule has 0 bridgehead atoms. The van der Waals surface area contributed by atoms with Crippen LogP contribution in [-0.2, 0) is 40.2 Å². The van der Waals surface area contributed by atoms with Gasteiger partial charge in [0, 0.05) is 44.6 Å². The van der Waals surface area contributed by atoms with Crippen LogP contribution in [0.2, 0.25) is 0 Å². The second-order valence-electron chi connectivity index (χ2n) is 10.6. The molecule has 0 unspecified atom stereocenters.